The van der Waals surface area contributed by atoms with Crippen molar-refractivity contribution in [3.63, 3.8) is 0 Å². The number of aromatic nitrogens is 5. The number of ether oxygens (including phenoxy) is 1. The first-order chi connectivity index (χ1) is 16.0. The molecule has 4 aromatic rings. The number of aryl methyl sites for hydroxylation is 1. The maximum absolute atomic E-state index is 12.3. The van der Waals surface area contributed by atoms with Gasteiger partial charge in [0, 0.05) is 23.7 Å². The average molecular weight is 445 g/mol. The van der Waals surface area contributed by atoms with E-state index in [1.807, 2.05) is 48.7 Å². The molecule has 168 valence electrons. The minimum absolute atomic E-state index is 0.237. The third-order valence-corrected chi connectivity index (χ3v) is 5.98. The van der Waals surface area contributed by atoms with Crippen molar-refractivity contribution in [3.8, 4) is 22.4 Å². The monoisotopic (exact) mass is 445 g/mol. The maximum atomic E-state index is 12.3. The van der Waals surface area contributed by atoms with Crippen LogP contribution in [0.1, 0.15) is 24.3 Å². The van der Waals surface area contributed by atoms with E-state index in [2.05, 4.69) is 27.4 Å². The number of hydrogen-bond acceptors (Lipinski definition) is 6. The Morgan fingerprint density at radius 1 is 1.03 bits per heavy atom. The molecule has 0 radical (unpaired) electrons. The molecule has 33 heavy (non-hydrogen) atoms. The highest BCUT2D eigenvalue weighted by atomic mass is 16.5. The molecule has 2 aromatic heterocycles. The van der Waals surface area contributed by atoms with Gasteiger partial charge >= 0.3 is 5.69 Å². The van der Waals surface area contributed by atoms with E-state index in [4.69, 9.17) is 4.74 Å². The topological polar surface area (TPSA) is 115 Å². The number of nitrogens with zero attached hydrogens (tertiary/aromatic N) is 4. The Labute approximate surface area is 188 Å². The van der Waals surface area contributed by atoms with Gasteiger partial charge < -0.3 is 9.84 Å². The Balaban J connectivity index is 1.38. The fourth-order valence-electron chi connectivity index (χ4n) is 4.16. The van der Waals surface area contributed by atoms with Crippen LogP contribution in [0.2, 0.25) is 0 Å². The van der Waals surface area contributed by atoms with Crippen LogP contribution in [0.3, 0.4) is 0 Å². The molecule has 3 atom stereocenters. The predicted molar refractivity (Wildman–Crippen MR) is 122 cm³/mol. The standard InChI is InChI=1S/C24H23N5O4/c1-15-12-28(24(32)25-23(15)31)22-11-20(21(14-30)33-22)29-13-19(26-27-29)18-9-7-17(8-10-18)16-5-3-2-4-6-16/h2-10,12-13,20-22,30H,11,14H2,1H3,(H,25,31,32)/t20-,21+,22+/m0/s1. The minimum atomic E-state index is -0.631. The number of aliphatic hydroxyl groups excluding tert-OH is 1. The van der Waals surface area contributed by atoms with E-state index in [1.54, 1.807) is 11.6 Å². The van der Waals surface area contributed by atoms with Crippen LogP contribution in [0, 0.1) is 6.92 Å². The first kappa shape index (κ1) is 21.0. The van der Waals surface area contributed by atoms with Crippen molar-refractivity contribution in [2.75, 3.05) is 6.61 Å². The zero-order chi connectivity index (χ0) is 22.9. The van der Waals surface area contributed by atoms with Gasteiger partial charge in [-0.15, -0.1) is 5.10 Å². The number of hydrogen-bond donors (Lipinski definition) is 2. The molecule has 1 aliphatic heterocycles. The second kappa shape index (κ2) is 8.61. The fraction of sp³-hybridized carbons (Fsp3) is 0.250. The van der Waals surface area contributed by atoms with Crippen molar-refractivity contribution in [1.82, 2.24) is 24.5 Å². The van der Waals surface area contributed by atoms with Gasteiger partial charge in [0.25, 0.3) is 5.56 Å². The molecule has 5 rings (SSSR count). The van der Waals surface area contributed by atoms with Crippen LogP contribution in [0.4, 0.5) is 0 Å². The number of H-pyrrole nitrogens is 1. The second-order valence-electron chi connectivity index (χ2n) is 8.12. The molecule has 0 spiro atoms. The Morgan fingerprint density at radius 2 is 1.73 bits per heavy atom. The lowest BCUT2D eigenvalue weighted by Crippen LogP contribution is -2.33. The van der Waals surface area contributed by atoms with Crippen molar-refractivity contribution in [2.24, 2.45) is 0 Å². The number of aromatic amines is 1. The summed E-state index contributed by atoms with van der Waals surface area (Å²) < 4.78 is 8.94. The van der Waals surface area contributed by atoms with Crippen LogP contribution in [0.15, 0.2) is 76.6 Å². The van der Waals surface area contributed by atoms with E-state index in [0.29, 0.717) is 17.7 Å². The molecule has 0 saturated carbocycles. The molecular formula is C24H23N5O4. The van der Waals surface area contributed by atoms with Crippen LogP contribution in [0.5, 0.6) is 0 Å². The molecule has 0 bridgehead atoms. The highest BCUT2D eigenvalue weighted by Gasteiger charge is 2.38. The lowest BCUT2D eigenvalue weighted by Gasteiger charge is -2.15. The highest BCUT2D eigenvalue weighted by Crippen LogP contribution is 2.36. The van der Waals surface area contributed by atoms with Gasteiger partial charge in [-0.1, -0.05) is 59.8 Å². The van der Waals surface area contributed by atoms with Gasteiger partial charge in [0.2, 0.25) is 0 Å². The summed E-state index contributed by atoms with van der Waals surface area (Å²) in [5.74, 6) is 0. The smallest absolute Gasteiger partial charge is 0.330 e. The fourth-order valence-corrected chi connectivity index (χ4v) is 4.16. The predicted octanol–water partition coefficient (Wildman–Crippen LogP) is 2.29. The third-order valence-electron chi connectivity index (χ3n) is 5.98. The first-order valence-electron chi connectivity index (χ1n) is 10.7. The molecule has 0 aliphatic carbocycles. The quantitative estimate of drug-likeness (QED) is 0.487. The number of rotatable bonds is 5. The van der Waals surface area contributed by atoms with Crippen molar-refractivity contribution in [2.45, 2.75) is 31.7 Å². The van der Waals surface area contributed by atoms with E-state index in [1.165, 1.54) is 10.8 Å². The molecule has 1 aliphatic rings. The first-order valence-corrected chi connectivity index (χ1v) is 10.7. The van der Waals surface area contributed by atoms with E-state index in [-0.39, 0.29) is 12.6 Å². The normalized spacial score (nSPS) is 20.2. The van der Waals surface area contributed by atoms with Crippen LogP contribution in [-0.2, 0) is 4.74 Å². The Bertz CT molecular complexity index is 1370. The van der Waals surface area contributed by atoms with Crippen LogP contribution in [-0.4, -0.2) is 42.4 Å². The number of aliphatic hydroxyl groups is 1. The minimum Gasteiger partial charge on any atom is -0.394 e. The summed E-state index contributed by atoms with van der Waals surface area (Å²) in [6, 6.07) is 17.9. The van der Waals surface area contributed by atoms with E-state index in [0.717, 1.165) is 16.7 Å². The highest BCUT2D eigenvalue weighted by molar-refractivity contribution is 5.68. The number of nitrogens with one attached hydrogen (secondary N) is 1. The van der Waals surface area contributed by atoms with Gasteiger partial charge in [-0.05, 0) is 18.1 Å². The summed E-state index contributed by atoms with van der Waals surface area (Å²) >= 11 is 0. The van der Waals surface area contributed by atoms with E-state index < -0.39 is 23.6 Å². The van der Waals surface area contributed by atoms with Crippen molar-refractivity contribution < 1.29 is 9.84 Å². The lowest BCUT2D eigenvalue weighted by atomic mass is 10.0. The molecular weight excluding hydrogens is 422 g/mol. The second-order valence-corrected chi connectivity index (χ2v) is 8.12. The van der Waals surface area contributed by atoms with Gasteiger partial charge in [-0.25, -0.2) is 9.48 Å². The Hall–Kier alpha value is -3.82. The van der Waals surface area contributed by atoms with Gasteiger partial charge in [0.15, 0.2) is 0 Å². The molecule has 1 fully saturated rings. The van der Waals surface area contributed by atoms with Gasteiger partial charge in [-0.2, -0.15) is 0 Å². The van der Waals surface area contributed by atoms with Crippen LogP contribution >= 0.6 is 0 Å². The van der Waals surface area contributed by atoms with Gasteiger partial charge in [0.1, 0.15) is 18.0 Å². The molecule has 1 saturated heterocycles. The molecule has 2 N–H and O–H groups in total. The summed E-state index contributed by atoms with van der Waals surface area (Å²) in [5.41, 5.74) is 3.30. The number of benzene rings is 2. The summed E-state index contributed by atoms with van der Waals surface area (Å²) in [5, 5.41) is 18.4. The SMILES string of the molecule is Cc1cn([C@H]2C[C@H](n3cc(-c4ccc(-c5ccccc5)cc4)nn3)[C@@H](CO)O2)c(=O)[nH]c1=O. The lowest BCUT2D eigenvalue weighted by molar-refractivity contribution is -0.0323. The molecule has 9 heteroatoms. The molecule has 9 nitrogen and oxygen atoms in total. The average Bonchev–Trinajstić information content (AvgIpc) is 3.49. The molecule has 0 unspecified atom stereocenters. The molecule has 2 aromatic carbocycles. The largest absolute Gasteiger partial charge is 0.394 e. The summed E-state index contributed by atoms with van der Waals surface area (Å²) in [6.07, 6.45) is 2.49. The van der Waals surface area contributed by atoms with Gasteiger partial charge in [-0.3, -0.25) is 14.3 Å². The van der Waals surface area contributed by atoms with E-state index in [9.17, 15) is 14.7 Å². The van der Waals surface area contributed by atoms with Crippen molar-refractivity contribution in [3.05, 3.63) is 93.4 Å². The van der Waals surface area contributed by atoms with Crippen LogP contribution in [0.25, 0.3) is 22.4 Å². The Morgan fingerprint density at radius 3 is 2.45 bits per heavy atom. The Kier molecular flexibility index (Phi) is 5.49. The molecule has 3 heterocycles. The summed E-state index contributed by atoms with van der Waals surface area (Å²) in [7, 11) is 0. The zero-order valence-corrected chi connectivity index (χ0v) is 18.0. The summed E-state index contributed by atoms with van der Waals surface area (Å²) in [4.78, 5) is 26.2. The van der Waals surface area contributed by atoms with Crippen molar-refractivity contribution in [1.29, 1.82) is 0 Å². The summed E-state index contributed by atoms with van der Waals surface area (Å²) in [6.45, 7) is 1.39. The zero-order valence-electron chi connectivity index (χ0n) is 18.0. The van der Waals surface area contributed by atoms with Crippen LogP contribution < -0.4 is 11.2 Å². The van der Waals surface area contributed by atoms with Crippen molar-refractivity contribution >= 4 is 0 Å². The van der Waals surface area contributed by atoms with E-state index >= 15 is 0 Å². The maximum Gasteiger partial charge on any atom is 0.330 e. The van der Waals surface area contributed by atoms with Gasteiger partial charge in [0.05, 0.1) is 18.8 Å². The molecule has 0 amide bonds. The third kappa shape index (κ3) is 4.04.